The molecule has 1 atom stereocenters. The maximum atomic E-state index is 12.9. The summed E-state index contributed by atoms with van der Waals surface area (Å²) in [6, 6.07) is 25.4. The van der Waals surface area contributed by atoms with Crippen LogP contribution < -0.4 is 9.46 Å². The quantitative estimate of drug-likeness (QED) is 0.253. The van der Waals surface area contributed by atoms with Crippen molar-refractivity contribution in [3.8, 4) is 5.75 Å². The number of hydrogen-bond donors (Lipinski definition) is 1. The summed E-state index contributed by atoms with van der Waals surface area (Å²) in [5, 5.41) is 0. The van der Waals surface area contributed by atoms with Gasteiger partial charge in [0.15, 0.2) is 0 Å². The Morgan fingerprint density at radius 2 is 1.71 bits per heavy atom. The minimum Gasteiger partial charge on any atom is -0.494 e. The highest BCUT2D eigenvalue weighted by Gasteiger charge is 2.29. The highest BCUT2D eigenvalue weighted by Crippen LogP contribution is 2.33. The molecule has 0 fully saturated rings. The first kappa shape index (κ1) is 27.8. The van der Waals surface area contributed by atoms with Crippen LogP contribution in [-0.4, -0.2) is 45.6 Å². The van der Waals surface area contributed by atoms with E-state index in [1.165, 1.54) is 5.56 Å². The molecule has 0 saturated heterocycles. The number of benzene rings is 3. The molecule has 1 aliphatic rings. The van der Waals surface area contributed by atoms with Gasteiger partial charge in [-0.05, 0) is 54.2 Å². The van der Waals surface area contributed by atoms with Crippen molar-refractivity contribution in [1.29, 1.82) is 0 Å². The van der Waals surface area contributed by atoms with Crippen LogP contribution in [0.2, 0.25) is 0 Å². The summed E-state index contributed by atoms with van der Waals surface area (Å²) in [6.45, 7) is 4.44. The molecule has 1 heterocycles. The van der Waals surface area contributed by atoms with Gasteiger partial charge < -0.3 is 9.47 Å². The van der Waals surface area contributed by atoms with E-state index >= 15 is 0 Å². The van der Waals surface area contributed by atoms with Gasteiger partial charge in [0.2, 0.25) is 10.0 Å². The first-order valence-corrected chi connectivity index (χ1v) is 14.8. The Bertz CT molecular complexity index is 1280. The molecule has 1 unspecified atom stereocenters. The molecule has 3 aromatic rings. The lowest BCUT2D eigenvalue weighted by atomic mass is 9.92. The van der Waals surface area contributed by atoms with Crippen molar-refractivity contribution in [3.63, 3.8) is 0 Å². The van der Waals surface area contributed by atoms with Gasteiger partial charge in [-0.2, -0.15) is 0 Å². The predicted octanol–water partition coefficient (Wildman–Crippen LogP) is 4.63. The third kappa shape index (κ3) is 8.15. The molecule has 38 heavy (non-hydrogen) atoms. The van der Waals surface area contributed by atoms with E-state index in [0.717, 1.165) is 42.0 Å². The Morgan fingerprint density at radius 3 is 2.42 bits per heavy atom. The topological polar surface area (TPSA) is 84.9 Å². The van der Waals surface area contributed by atoms with E-state index < -0.39 is 10.0 Å². The van der Waals surface area contributed by atoms with Crippen LogP contribution in [0.1, 0.15) is 48.1 Å². The Labute approximate surface area is 225 Å². The minimum atomic E-state index is -3.51. The maximum absolute atomic E-state index is 12.9. The summed E-state index contributed by atoms with van der Waals surface area (Å²) in [5.74, 6) is 0.496. The molecule has 0 saturated carbocycles. The van der Waals surface area contributed by atoms with Gasteiger partial charge in [0.05, 0.1) is 19.0 Å². The summed E-state index contributed by atoms with van der Waals surface area (Å²) < 4.78 is 39.6. The van der Waals surface area contributed by atoms with E-state index in [9.17, 15) is 13.2 Å². The van der Waals surface area contributed by atoms with Gasteiger partial charge >= 0.3 is 5.97 Å². The molecule has 0 spiro atoms. The van der Waals surface area contributed by atoms with Crippen LogP contribution >= 0.6 is 0 Å². The van der Waals surface area contributed by atoms with E-state index in [0.29, 0.717) is 26.1 Å². The van der Waals surface area contributed by atoms with Crippen molar-refractivity contribution in [2.45, 2.75) is 44.5 Å². The van der Waals surface area contributed by atoms with Crippen LogP contribution in [0.25, 0.3) is 0 Å². The van der Waals surface area contributed by atoms with Crippen molar-refractivity contribution < 1.29 is 22.7 Å². The zero-order chi connectivity index (χ0) is 26.8. The Hall–Kier alpha value is -3.20. The second-order valence-electron chi connectivity index (χ2n) is 9.43. The number of carbonyl (C=O) groups excluding carboxylic acids is 1. The molecule has 202 valence electrons. The van der Waals surface area contributed by atoms with Gasteiger partial charge in [-0.15, -0.1) is 0 Å². The number of nitrogens with zero attached hydrogens (tertiary/aromatic N) is 1. The molecule has 1 N–H and O–H groups in total. The first-order valence-electron chi connectivity index (χ1n) is 13.1. The van der Waals surface area contributed by atoms with Crippen molar-refractivity contribution in [2.24, 2.45) is 0 Å². The number of fused-ring (bicyclic) bond motifs is 1. The van der Waals surface area contributed by atoms with E-state index in [-0.39, 0.29) is 24.3 Å². The molecule has 8 heteroatoms. The minimum absolute atomic E-state index is 0.0509. The number of carbonyl (C=O) groups is 1. The summed E-state index contributed by atoms with van der Waals surface area (Å²) in [5.41, 5.74) is 4.21. The molecule has 0 radical (unpaired) electrons. The van der Waals surface area contributed by atoms with Gasteiger partial charge in [-0.3, -0.25) is 9.69 Å². The molecular formula is C30H36N2O5S. The summed E-state index contributed by atoms with van der Waals surface area (Å²) in [7, 11) is -3.51. The molecule has 4 rings (SSSR count). The van der Waals surface area contributed by atoms with E-state index in [1.54, 1.807) is 6.92 Å². The van der Waals surface area contributed by atoms with Gasteiger partial charge in [0, 0.05) is 32.1 Å². The SMILES string of the molecule is CCOC(=O)CCCOc1ccc2c(c1)CCN(Cc1ccccc1)C2CNS(=O)(=O)Cc1ccccc1. The Kier molecular flexibility index (Phi) is 9.92. The third-order valence-corrected chi connectivity index (χ3v) is 7.93. The second-order valence-corrected chi connectivity index (χ2v) is 11.2. The molecule has 0 aliphatic carbocycles. The second kappa shape index (κ2) is 13.6. The van der Waals surface area contributed by atoms with Crippen LogP contribution in [-0.2, 0) is 38.3 Å². The van der Waals surface area contributed by atoms with E-state index in [1.807, 2.05) is 66.7 Å². The number of ether oxygens (including phenoxy) is 2. The highest BCUT2D eigenvalue weighted by molar-refractivity contribution is 7.88. The lowest BCUT2D eigenvalue weighted by molar-refractivity contribution is -0.143. The van der Waals surface area contributed by atoms with Crippen molar-refractivity contribution in [1.82, 2.24) is 9.62 Å². The van der Waals surface area contributed by atoms with Crippen molar-refractivity contribution in [2.75, 3.05) is 26.3 Å². The fourth-order valence-electron chi connectivity index (χ4n) is 4.77. The average molecular weight is 537 g/mol. The fraction of sp³-hybridized carbons (Fsp3) is 0.367. The standard InChI is InChI=1S/C30H36N2O5S/c1-2-36-30(33)14-9-19-37-27-15-16-28-26(20-27)17-18-32(22-24-10-5-3-6-11-24)29(28)21-31-38(34,35)23-25-12-7-4-8-13-25/h3-8,10-13,15-16,20,29,31H,2,9,14,17-19,21-23H2,1H3. The van der Waals surface area contributed by atoms with Crippen molar-refractivity contribution in [3.05, 3.63) is 101 Å². The van der Waals surface area contributed by atoms with E-state index in [2.05, 4.69) is 21.8 Å². The fourth-order valence-corrected chi connectivity index (χ4v) is 5.91. The predicted molar refractivity (Wildman–Crippen MR) is 148 cm³/mol. The maximum Gasteiger partial charge on any atom is 0.305 e. The lowest BCUT2D eigenvalue weighted by Crippen LogP contribution is -2.42. The van der Waals surface area contributed by atoms with Crippen LogP contribution in [0.15, 0.2) is 78.9 Å². The Balaban J connectivity index is 1.46. The van der Waals surface area contributed by atoms with E-state index in [4.69, 9.17) is 9.47 Å². The monoisotopic (exact) mass is 536 g/mol. The number of esters is 1. The number of hydrogen-bond acceptors (Lipinski definition) is 6. The number of rotatable bonds is 13. The lowest BCUT2D eigenvalue weighted by Gasteiger charge is -2.37. The van der Waals surface area contributed by atoms with Gasteiger partial charge in [-0.25, -0.2) is 13.1 Å². The summed E-state index contributed by atoms with van der Waals surface area (Å²) >= 11 is 0. The molecule has 3 aromatic carbocycles. The average Bonchev–Trinajstić information content (AvgIpc) is 2.91. The zero-order valence-electron chi connectivity index (χ0n) is 21.8. The Morgan fingerprint density at radius 1 is 1.00 bits per heavy atom. The molecule has 0 aromatic heterocycles. The summed E-state index contributed by atoms with van der Waals surface area (Å²) in [6.07, 6.45) is 1.76. The third-order valence-electron chi connectivity index (χ3n) is 6.61. The van der Waals surface area contributed by atoms with Crippen LogP contribution in [0, 0.1) is 0 Å². The van der Waals surface area contributed by atoms with Gasteiger partial charge in [0.25, 0.3) is 0 Å². The van der Waals surface area contributed by atoms with Crippen LogP contribution in [0.5, 0.6) is 5.75 Å². The first-order chi connectivity index (χ1) is 18.4. The molecular weight excluding hydrogens is 500 g/mol. The number of nitrogens with one attached hydrogen (secondary N) is 1. The smallest absolute Gasteiger partial charge is 0.305 e. The molecule has 0 amide bonds. The normalized spacial score (nSPS) is 15.6. The highest BCUT2D eigenvalue weighted by atomic mass is 32.2. The summed E-state index contributed by atoms with van der Waals surface area (Å²) in [4.78, 5) is 13.9. The number of sulfonamides is 1. The van der Waals surface area contributed by atoms with Crippen molar-refractivity contribution >= 4 is 16.0 Å². The zero-order valence-corrected chi connectivity index (χ0v) is 22.7. The van der Waals surface area contributed by atoms with Gasteiger partial charge in [0.1, 0.15) is 5.75 Å². The van der Waals surface area contributed by atoms with Crippen LogP contribution in [0.3, 0.4) is 0 Å². The molecule has 1 aliphatic heterocycles. The van der Waals surface area contributed by atoms with Crippen LogP contribution in [0.4, 0.5) is 0 Å². The largest absolute Gasteiger partial charge is 0.494 e. The molecule has 7 nitrogen and oxygen atoms in total. The molecule has 0 bridgehead atoms. The van der Waals surface area contributed by atoms with Gasteiger partial charge in [-0.1, -0.05) is 66.7 Å².